The van der Waals surface area contributed by atoms with Gasteiger partial charge in [0.2, 0.25) is 5.91 Å². The third-order valence-electron chi connectivity index (χ3n) is 7.15. The number of halogens is 1. The fraction of sp³-hybridized carbons (Fsp3) is 0.419. The third-order valence-corrected chi connectivity index (χ3v) is 7.15. The first-order valence-corrected chi connectivity index (χ1v) is 13.6. The van der Waals surface area contributed by atoms with Gasteiger partial charge >= 0.3 is 0 Å². The molecule has 0 bridgehead atoms. The summed E-state index contributed by atoms with van der Waals surface area (Å²) in [6.07, 6.45) is 8.61. The number of hydrogen-bond donors (Lipinski definition) is 0. The van der Waals surface area contributed by atoms with Crippen LogP contribution in [0.2, 0.25) is 0 Å². The number of amides is 2. The Morgan fingerprint density at radius 2 is 1.76 bits per heavy atom. The van der Waals surface area contributed by atoms with Crippen LogP contribution in [0.5, 0.6) is 0 Å². The van der Waals surface area contributed by atoms with Crippen molar-refractivity contribution < 1.29 is 14.0 Å². The van der Waals surface area contributed by atoms with Gasteiger partial charge in [-0.1, -0.05) is 57.4 Å². The molecule has 0 fully saturated rings. The lowest BCUT2D eigenvalue weighted by Crippen LogP contribution is -2.48. The lowest BCUT2D eigenvalue weighted by molar-refractivity contribution is -0.134. The van der Waals surface area contributed by atoms with E-state index in [2.05, 4.69) is 11.5 Å². The molecule has 1 atom stereocenters. The summed E-state index contributed by atoms with van der Waals surface area (Å²) >= 11 is 0. The summed E-state index contributed by atoms with van der Waals surface area (Å²) in [5.41, 5.74) is 3.52. The molecule has 0 saturated heterocycles. The zero-order valence-corrected chi connectivity index (χ0v) is 22.0. The summed E-state index contributed by atoms with van der Waals surface area (Å²) < 4.78 is 16.2. The summed E-state index contributed by atoms with van der Waals surface area (Å²) in [5, 5.41) is 0. The highest BCUT2D eigenvalue weighted by molar-refractivity contribution is 5.96. The molecule has 2 heterocycles. The number of carbonyl (C=O) groups excluding carboxylic acids is 2. The van der Waals surface area contributed by atoms with Gasteiger partial charge in [-0.15, -0.1) is 0 Å². The number of benzene rings is 2. The summed E-state index contributed by atoms with van der Waals surface area (Å²) in [7, 11) is 0. The largest absolute Gasteiger partial charge is 0.348 e. The van der Waals surface area contributed by atoms with Crippen LogP contribution in [0.15, 0.2) is 66.9 Å². The Kier molecular flexibility index (Phi) is 9.15. The van der Waals surface area contributed by atoms with Crippen molar-refractivity contribution in [2.75, 3.05) is 19.6 Å². The molecule has 0 spiro atoms. The molecule has 5 nitrogen and oxygen atoms in total. The summed E-state index contributed by atoms with van der Waals surface area (Å²) in [6.45, 7) is 5.88. The molecule has 1 aliphatic rings. The lowest BCUT2D eigenvalue weighted by atomic mass is 9.99. The quantitative estimate of drug-likeness (QED) is 0.291. The second-order valence-corrected chi connectivity index (χ2v) is 9.91. The van der Waals surface area contributed by atoms with Crippen LogP contribution in [0.25, 0.3) is 0 Å². The van der Waals surface area contributed by atoms with E-state index in [-0.39, 0.29) is 24.2 Å². The van der Waals surface area contributed by atoms with E-state index in [9.17, 15) is 14.0 Å². The van der Waals surface area contributed by atoms with Crippen molar-refractivity contribution >= 4 is 11.8 Å². The van der Waals surface area contributed by atoms with Crippen LogP contribution in [0.3, 0.4) is 0 Å². The van der Waals surface area contributed by atoms with Crippen LogP contribution in [0.1, 0.15) is 79.2 Å². The minimum Gasteiger partial charge on any atom is -0.348 e. The fourth-order valence-electron chi connectivity index (χ4n) is 5.21. The highest BCUT2D eigenvalue weighted by atomic mass is 19.1. The van der Waals surface area contributed by atoms with Gasteiger partial charge in [-0.3, -0.25) is 9.59 Å². The molecule has 196 valence electrons. The number of fused-ring (bicyclic) bond motifs is 1. The zero-order valence-electron chi connectivity index (χ0n) is 22.0. The number of carbonyl (C=O) groups is 2. The Balaban J connectivity index is 1.49. The molecule has 2 aromatic carbocycles. The van der Waals surface area contributed by atoms with Crippen LogP contribution in [-0.4, -0.2) is 45.8 Å². The first kappa shape index (κ1) is 26.6. The van der Waals surface area contributed by atoms with Gasteiger partial charge < -0.3 is 14.4 Å². The van der Waals surface area contributed by atoms with Crippen molar-refractivity contribution in [3.8, 4) is 0 Å². The van der Waals surface area contributed by atoms with Crippen molar-refractivity contribution in [3.63, 3.8) is 0 Å². The highest BCUT2D eigenvalue weighted by Crippen LogP contribution is 2.33. The van der Waals surface area contributed by atoms with Crippen LogP contribution < -0.4 is 0 Å². The smallest absolute Gasteiger partial charge is 0.254 e. The predicted octanol–water partition coefficient (Wildman–Crippen LogP) is 6.23. The van der Waals surface area contributed by atoms with Gasteiger partial charge in [0.05, 0.1) is 6.04 Å². The Hall–Kier alpha value is -3.41. The maximum atomic E-state index is 14.1. The first-order chi connectivity index (χ1) is 18.0. The molecule has 0 N–H and O–H groups in total. The monoisotopic (exact) mass is 503 g/mol. The third kappa shape index (κ3) is 6.48. The molecule has 0 radical (unpaired) electrons. The van der Waals surface area contributed by atoms with Gasteiger partial charge in [0.15, 0.2) is 0 Å². The average molecular weight is 504 g/mol. The Labute approximate surface area is 219 Å². The van der Waals surface area contributed by atoms with Gasteiger partial charge in [-0.05, 0) is 66.8 Å². The number of aromatic nitrogens is 1. The minimum atomic E-state index is -0.391. The summed E-state index contributed by atoms with van der Waals surface area (Å²) in [6, 6.07) is 17.8. The highest BCUT2D eigenvalue weighted by Gasteiger charge is 2.33. The summed E-state index contributed by atoms with van der Waals surface area (Å²) in [4.78, 5) is 30.5. The van der Waals surface area contributed by atoms with Crippen molar-refractivity contribution in [2.24, 2.45) is 0 Å². The van der Waals surface area contributed by atoms with E-state index in [0.717, 1.165) is 30.5 Å². The first-order valence-electron chi connectivity index (χ1n) is 13.6. The summed E-state index contributed by atoms with van der Waals surface area (Å²) in [5.74, 6) is -0.586. The Bertz CT molecular complexity index is 1190. The lowest BCUT2D eigenvalue weighted by Gasteiger charge is -2.38. The molecule has 1 aliphatic heterocycles. The molecular weight excluding hydrogens is 465 g/mol. The minimum absolute atomic E-state index is 0.00202. The van der Waals surface area contributed by atoms with Crippen molar-refractivity contribution in [1.29, 1.82) is 0 Å². The van der Waals surface area contributed by atoms with E-state index in [4.69, 9.17) is 0 Å². The predicted molar refractivity (Wildman–Crippen MR) is 145 cm³/mol. The van der Waals surface area contributed by atoms with Crippen molar-refractivity contribution in [3.05, 3.63) is 95.1 Å². The maximum Gasteiger partial charge on any atom is 0.254 e. The number of rotatable bonds is 11. The SMILES string of the molecule is CCCCCCc1ccc(C(=O)N(CCC)CC(=O)N2CCn3cccc3C2c2cccc(F)c2)cc1. The van der Waals surface area contributed by atoms with E-state index in [0.29, 0.717) is 25.2 Å². The zero-order chi connectivity index (χ0) is 26.2. The molecule has 0 saturated carbocycles. The van der Waals surface area contributed by atoms with Gasteiger partial charge in [-0.2, -0.15) is 0 Å². The Morgan fingerprint density at radius 3 is 2.49 bits per heavy atom. The van der Waals surface area contributed by atoms with Gasteiger partial charge in [0.1, 0.15) is 12.4 Å². The number of hydrogen-bond acceptors (Lipinski definition) is 2. The molecule has 4 rings (SSSR count). The molecule has 1 aromatic heterocycles. The molecule has 1 unspecified atom stereocenters. The van der Waals surface area contributed by atoms with E-state index in [1.54, 1.807) is 15.9 Å². The number of aryl methyl sites for hydroxylation is 1. The molecule has 6 heteroatoms. The van der Waals surface area contributed by atoms with E-state index in [1.165, 1.54) is 37.0 Å². The normalized spacial score (nSPS) is 14.9. The molecule has 0 aliphatic carbocycles. The van der Waals surface area contributed by atoms with Gasteiger partial charge in [0.25, 0.3) is 5.91 Å². The van der Waals surface area contributed by atoms with E-state index in [1.807, 2.05) is 55.6 Å². The maximum absolute atomic E-state index is 14.1. The van der Waals surface area contributed by atoms with Gasteiger partial charge in [0, 0.05) is 37.1 Å². The van der Waals surface area contributed by atoms with Crippen LogP contribution in [0.4, 0.5) is 4.39 Å². The average Bonchev–Trinajstić information content (AvgIpc) is 3.39. The van der Waals surface area contributed by atoms with Crippen molar-refractivity contribution in [2.45, 2.75) is 65.0 Å². The van der Waals surface area contributed by atoms with Crippen LogP contribution >= 0.6 is 0 Å². The van der Waals surface area contributed by atoms with Crippen molar-refractivity contribution in [1.82, 2.24) is 14.4 Å². The molecule has 3 aromatic rings. The molecular formula is C31H38FN3O2. The fourth-order valence-corrected chi connectivity index (χ4v) is 5.21. The van der Waals surface area contributed by atoms with Crippen LogP contribution in [0, 0.1) is 5.82 Å². The Morgan fingerprint density at radius 1 is 0.946 bits per heavy atom. The number of nitrogens with zero attached hydrogens (tertiary/aromatic N) is 3. The molecule has 2 amide bonds. The van der Waals surface area contributed by atoms with E-state index >= 15 is 0 Å². The molecule has 37 heavy (non-hydrogen) atoms. The second kappa shape index (κ2) is 12.7. The topological polar surface area (TPSA) is 45.6 Å². The van der Waals surface area contributed by atoms with Crippen LogP contribution in [-0.2, 0) is 17.8 Å². The second-order valence-electron chi connectivity index (χ2n) is 9.91. The number of unbranched alkanes of at least 4 members (excludes halogenated alkanes) is 3. The van der Waals surface area contributed by atoms with Gasteiger partial charge in [-0.25, -0.2) is 4.39 Å². The standard InChI is InChI=1S/C31H38FN3O2/c1-3-5-6-7-10-24-14-16-25(17-15-24)31(37)34(18-4-2)23-29(36)35-21-20-33-19-9-13-28(33)30(35)26-11-8-12-27(32)22-26/h8-9,11-17,19,22,30H,3-7,10,18,20-21,23H2,1-2H3. The van der Waals surface area contributed by atoms with E-state index < -0.39 is 6.04 Å².